The van der Waals surface area contributed by atoms with Crippen LogP contribution in [0.5, 0.6) is 5.75 Å². The predicted octanol–water partition coefficient (Wildman–Crippen LogP) is 2.67. The van der Waals surface area contributed by atoms with E-state index in [0.717, 1.165) is 16.8 Å². The highest BCUT2D eigenvalue weighted by molar-refractivity contribution is 5.83. The zero-order valence-electron chi connectivity index (χ0n) is 15.3. The minimum Gasteiger partial charge on any atom is -0.477 e. The number of nitrogens with zero attached hydrogens (tertiary/aromatic N) is 4. The van der Waals surface area contributed by atoms with Crippen molar-refractivity contribution in [2.24, 2.45) is 0 Å². The number of fused-ring (bicyclic) bond motifs is 2. The van der Waals surface area contributed by atoms with Crippen molar-refractivity contribution in [3.05, 3.63) is 66.0 Å². The van der Waals surface area contributed by atoms with E-state index in [2.05, 4.69) is 11.0 Å². The molecule has 0 spiro atoms. The molecular weight excluding hydrogens is 340 g/mol. The van der Waals surface area contributed by atoms with Gasteiger partial charge in [-0.25, -0.2) is 0 Å². The van der Waals surface area contributed by atoms with E-state index in [1.165, 1.54) is 0 Å². The fourth-order valence-electron chi connectivity index (χ4n) is 3.51. The van der Waals surface area contributed by atoms with Gasteiger partial charge in [-0.3, -0.25) is 4.79 Å². The van der Waals surface area contributed by atoms with Crippen molar-refractivity contribution in [1.82, 2.24) is 9.30 Å². The first kappa shape index (κ1) is 17.0. The number of benzene rings is 1. The van der Waals surface area contributed by atoms with Gasteiger partial charge in [-0.1, -0.05) is 18.2 Å². The lowest BCUT2D eigenvalue weighted by atomic mass is 10.1. The quantitative estimate of drug-likeness (QED) is 0.720. The summed E-state index contributed by atoms with van der Waals surface area (Å²) in [5, 5.41) is 9.68. The summed E-state index contributed by atoms with van der Waals surface area (Å²) in [5.41, 5.74) is 3.41. The van der Waals surface area contributed by atoms with Gasteiger partial charge in [0.05, 0.1) is 23.3 Å². The molecule has 0 aliphatic carbocycles. The number of carbonyl (C=O) groups excluding carboxylic acids is 1. The molecule has 0 radical (unpaired) electrons. The highest BCUT2D eigenvalue weighted by atomic mass is 16.5. The third kappa shape index (κ3) is 2.97. The SMILES string of the molecule is CN(C)C(=O)[C@@H]1CN(Cc2cn3ccccc3c2C#N)c2ccccc2O1. The molecule has 1 aliphatic rings. The Kier molecular flexibility index (Phi) is 4.21. The van der Waals surface area contributed by atoms with Crippen LogP contribution < -0.4 is 9.64 Å². The van der Waals surface area contributed by atoms with Crippen LogP contribution in [0, 0.1) is 11.3 Å². The largest absolute Gasteiger partial charge is 0.477 e. The van der Waals surface area contributed by atoms with Gasteiger partial charge in [0.2, 0.25) is 0 Å². The molecule has 1 aliphatic heterocycles. The molecule has 6 nitrogen and oxygen atoms in total. The zero-order valence-corrected chi connectivity index (χ0v) is 15.3. The van der Waals surface area contributed by atoms with E-state index in [9.17, 15) is 10.1 Å². The number of ether oxygens (including phenoxy) is 1. The van der Waals surface area contributed by atoms with Crippen molar-refractivity contribution in [2.75, 3.05) is 25.5 Å². The minimum atomic E-state index is -0.572. The number of carbonyl (C=O) groups is 1. The monoisotopic (exact) mass is 360 g/mol. The van der Waals surface area contributed by atoms with Crippen LogP contribution in [0.2, 0.25) is 0 Å². The summed E-state index contributed by atoms with van der Waals surface area (Å²) in [5.74, 6) is 0.614. The van der Waals surface area contributed by atoms with Crippen molar-refractivity contribution in [3.8, 4) is 11.8 Å². The minimum absolute atomic E-state index is 0.0722. The van der Waals surface area contributed by atoms with E-state index in [-0.39, 0.29) is 5.91 Å². The highest BCUT2D eigenvalue weighted by Crippen LogP contribution is 2.35. The smallest absolute Gasteiger partial charge is 0.265 e. The Bertz CT molecular complexity index is 1050. The van der Waals surface area contributed by atoms with Crippen LogP contribution in [0.15, 0.2) is 54.9 Å². The highest BCUT2D eigenvalue weighted by Gasteiger charge is 2.32. The van der Waals surface area contributed by atoms with Crippen molar-refractivity contribution in [1.29, 1.82) is 5.26 Å². The molecule has 1 aromatic carbocycles. The Hall–Kier alpha value is -3.46. The van der Waals surface area contributed by atoms with Gasteiger partial charge in [0.15, 0.2) is 6.10 Å². The van der Waals surface area contributed by atoms with Crippen LogP contribution in [-0.2, 0) is 11.3 Å². The lowest BCUT2D eigenvalue weighted by Gasteiger charge is -2.36. The molecule has 4 rings (SSSR count). The maximum atomic E-state index is 12.5. The van der Waals surface area contributed by atoms with Crippen molar-refractivity contribution in [3.63, 3.8) is 0 Å². The van der Waals surface area contributed by atoms with Crippen LogP contribution in [0.25, 0.3) is 5.52 Å². The summed E-state index contributed by atoms with van der Waals surface area (Å²) in [6, 6.07) is 15.8. The van der Waals surface area contributed by atoms with Crippen molar-refractivity contribution >= 4 is 17.1 Å². The van der Waals surface area contributed by atoms with Crippen molar-refractivity contribution in [2.45, 2.75) is 12.6 Å². The van der Waals surface area contributed by atoms with E-state index in [1.54, 1.807) is 19.0 Å². The number of rotatable bonds is 3. The summed E-state index contributed by atoms with van der Waals surface area (Å²) in [4.78, 5) is 16.1. The summed E-state index contributed by atoms with van der Waals surface area (Å²) in [7, 11) is 3.45. The Morgan fingerprint density at radius 2 is 2.04 bits per heavy atom. The van der Waals surface area contributed by atoms with Gasteiger partial charge in [-0.15, -0.1) is 0 Å². The molecule has 0 bridgehead atoms. The maximum Gasteiger partial charge on any atom is 0.265 e. The standard InChI is InChI=1S/C21H20N4O2/c1-23(2)21(26)20-14-25(18-8-3-4-9-19(18)27-20)13-15-12-24-10-6-5-7-17(24)16(15)11-22/h3-10,12,20H,13-14H2,1-2H3/t20-/m0/s1. The Balaban J connectivity index is 1.72. The van der Waals surface area contributed by atoms with Gasteiger partial charge >= 0.3 is 0 Å². The Morgan fingerprint density at radius 1 is 1.26 bits per heavy atom. The van der Waals surface area contributed by atoms with Crippen LogP contribution in [0.3, 0.4) is 0 Å². The van der Waals surface area contributed by atoms with Gasteiger partial charge in [0.1, 0.15) is 11.8 Å². The molecule has 2 aromatic heterocycles. The van der Waals surface area contributed by atoms with Crippen LogP contribution in [0.4, 0.5) is 5.69 Å². The number of hydrogen-bond donors (Lipinski definition) is 0. The van der Waals surface area contributed by atoms with Crippen LogP contribution >= 0.6 is 0 Å². The second kappa shape index (κ2) is 6.69. The lowest BCUT2D eigenvalue weighted by molar-refractivity contribution is -0.136. The molecule has 0 N–H and O–H groups in total. The number of aromatic nitrogens is 1. The van der Waals surface area contributed by atoms with Gasteiger partial charge in [0.25, 0.3) is 5.91 Å². The average molecular weight is 360 g/mol. The number of hydrogen-bond acceptors (Lipinski definition) is 4. The second-order valence-electron chi connectivity index (χ2n) is 6.82. The Labute approximate surface area is 157 Å². The number of nitriles is 1. The summed E-state index contributed by atoms with van der Waals surface area (Å²) >= 11 is 0. The first-order valence-electron chi connectivity index (χ1n) is 8.79. The number of para-hydroxylation sites is 2. The molecule has 6 heteroatoms. The van der Waals surface area contributed by atoms with Crippen molar-refractivity contribution < 1.29 is 9.53 Å². The molecule has 0 unspecified atom stereocenters. The molecule has 27 heavy (non-hydrogen) atoms. The van der Waals surface area contributed by atoms with Crippen LogP contribution in [-0.4, -0.2) is 42.0 Å². The van der Waals surface area contributed by atoms with E-state index >= 15 is 0 Å². The number of anilines is 1. The fourth-order valence-corrected chi connectivity index (χ4v) is 3.51. The van der Waals surface area contributed by atoms with Gasteiger partial charge < -0.3 is 18.9 Å². The van der Waals surface area contributed by atoms with Gasteiger partial charge in [-0.05, 0) is 24.3 Å². The first-order valence-corrected chi connectivity index (χ1v) is 8.79. The topological polar surface area (TPSA) is 61.0 Å². The Morgan fingerprint density at radius 3 is 2.81 bits per heavy atom. The van der Waals surface area contributed by atoms with E-state index in [4.69, 9.17) is 4.74 Å². The first-order chi connectivity index (χ1) is 13.1. The third-order valence-electron chi connectivity index (χ3n) is 4.81. The lowest BCUT2D eigenvalue weighted by Crippen LogP contribution is -2.48. The van der Waals surface area contributed by atoms with Gasteiger partial charge in [0, 0.05) is 38.6 Å². The number of pyridine rings is 1. The number of amides is 1. The fraction of sp³-hybridized carbons (Fsp3) is 0.238. The predicted molar refractivity (Wildman–Crippen MR) is 103 cm³/mol. The molecule has 1 amide bonds. The molecule has 0 fully saturated rings. The van der Waals surface area contributed by atoms with Crippen LogP contribution in [0.1, 0.15) is 11.1 Å². The average Bonchev–Trinajstić information content (AvgIpc) is 3.04. The molecule has 3 heterocycles. The molecule has 1 atom stereocenters. The summed E-state index contributed by atoms with van der Waals surface area (Å²) in [6.45, 7) is 0.966. The molecule has 0 saturated carbocycles. The van der Waals surface area contributed by atoms with E-state index in [1.807, 2.05) is 59.3 Å². The van der Waals surface area contributed by atoms with Gasteiger partial charge in [-0.2, -0.15) is 5.26 Å². The molecule has 3 aromatic rings. The zero-order chi connectivity index (χ0) is 19.0. The van der Waals surface area contributed by atoms with E-state index in [0.29, 0.717) is 24.4 Å². The summed E-state index contributed by atoms with van der Waals surface area (Å²) < 4.78 is 7.90. The molecule has 0 saturated heterocycles. The molecular formula is C21H20N4O2. The maximum absolute atomic E-state index is 12.5. The summed E-state index contributed by atoms with van der Waals surface area (Å²) in [6.07, 6.45) is 3.34. The van der Waals surface area contributed by atoms with E-state index < -0.39 is 6.10 Å². The third-order valence-corrected chi connectivity index (χ3v) is 4.81. The normalized spacial score (nSPS) is 15.7. The second-order valence-corrected chi connectivity index (χ2v) is 6.82. The number of likely N-dealkylation sites (N-methyl/N-ethyl adjacent to an activating group) is 1. The molecule has 136 valence electrons.